The number of esters is 1. The fraction of sp³-hybridized carbons (Fsp3) is 0.200. The summed E-state index contributed by atoms with van der Waals surface area (Å²) in [5, 5.41) is 4.61. The normalized spacial score (nSPS) is 15.5. The van der Waals surface area contributed by atoms with Gasteiger partial charge in [-0.25, -0.2) is 14.5 Å². The van der Waals surface area contributed by atoms with Crippen LogP contribution in [0.15, 0.2) is 66.0 Å². The molecule has 4 amide bonds. The molecule has 0 saturated carbocycles. The quantitative estimate of drug-likeness (QED) is 0.406. The summed E-state index contributed by atoms with van der Waals surface area (Å²) >= 11 is 1.47. The van der Waals surface area contributed by atoms with Crippen LogP contribution >= 0.6 is 11.3 Å². The Morgan fingerprint density at radius 2 is 1.82 bits per heavy atom. The van der Waals surface area contributed by atoms with Crippen molar-refractivity contribution in [2.75, 3.05) is 17.3 Å². The molecule has 0 aliphatic carbocycles. The van der Waals surface area contributed by atoms with Gasteiger partial charge in [-0.2, -0.15) is 0 Å². The molecule has 1 atom stereocenters. The zero-order valence-corrected chi connectivity index (χ0v) is 19.5. The number of carbonyl (C=O) groups is 4. The van der Waals surface area contributed by atoms with Gasteiger partial charge in [0, 0.05) is 10.6 Å². The molecule has 1 fully saturated rings. The average Bonchev–Trinajstić information content (AvgIpc) is 3.42. The number of hydrogen-bond donors (Lipinski definition) is 1. The van der Waals surface area contributed by atoms with E-state index < -0.39 is 29.9 Å². The maximum atomic E-state index is 13.3. The first kappa shape index (κ1) is 23.2. The number of amides is 4. The highest BCUT2D eigenvalue weighted by molar-refractivity contribution is 7.09. The molecule has 3 aromatic rings. The molecule has 8 nitrogen and oxygen atoms in total. The molecule has 2 heterocycles. The number of aryl methyl sites for hydroxylation is 1. The molecule has 2 aromatic carbocycles. The molecular weight excluding hydrogens is 454 g/mol. The predicted molar refractivity (Wildman–Crippen MR) is 129 cm³/mol. The number of ether oxygens (including phenoxy) is 1. The molecule has 174 valence electrons. The van der Waals surface area contributed by atoms with E-state index in [9.17, 15) is 19.2 Å². The van der Waals surface area contributed by atoms with Crippen LogP contribution in [0.1, 0.15) is 27.2 Å². The molecule has 1 aliphatic rings. The van der Waals surface area contributed by atoms with Gasteiger partial charge in [-0.05, 0) is 48.7 Å². The minimum absolute atomic E-state index is 0.221. The van der Waals surface area contributed by atoms with Crippen LogP contribution < -0.4 is 10.2 Å². The van der Waals surface area contributed by atoms with E-state index in [1.165, 1.54) is 29.4 Å². The summed E-state index contributed by atoms with van der Waals surface area (Å²) in [6.07, 6.45) is -0.221. The van der Waals surface area contributed by atoms with Crippen LogP contribution in [0.3, 0.4) is 0 Å². The van der Waals surface area contributed by atoms with Crippen LogP contribution in [0, 0.1) is 6.92 Å². The van der Waals surface area contributed by atoms with Gasteiger partial charge in [0.25, 0.3) is 5.91 Å². The molecule has 0 unspecified atom stereocenters. The first-order valence-electron chi connectivity index (χ1n) is 10.6. The average molecular weight is 478 g/mol. The molecule has 0 spiro atoms. The van der Waals surface area contributed by atoms with Crippen LogP contribution in [0.4, 0.5) is 16.2 Å². The zero-order chi connectivity index (χ0) is 24.2. The van der Waals surface area contributed by atoms with Crippen LogP contribution in [0.5, 0.6) is 0 Å². The SMILES string of the molecule is COC(=O)c1cccc(NC(=O)C[C@H]2C(=O)N(c3ccc(C)cc3)C(=O)N2Cc2cccs2)c1. The Bertz CT molecular complexity index is 1220. The third-order valence-corrected chi connectivity index (χ3v) is 6.32. The summed E-state index contributed by atoms with van der Waals surface area (Å²) in [5.74, 6) is -1.43. The van der Waals surface area contributed by atoms with E-state index >= 15 is 0 Å². The monoisotopic (exact) mass is 477 g/mol. The Labute approximate surface area is 200 Å². The number of hydrogen-bond acceptors (Lipinski definition) is 6. The van der Waals surface area contributed by atoms with Crippen molar-refractivity contribution in [3.8, 4) is 0 Å². The van der Waals surface area contributed by atoms with Crippen molar-refractivity contribution in [3.63, 3.8) is 0 Å². The van der Waals surface area contributed by atoms with Crippen molar-refractivity contribution in [2.24, 2.45) is 0 Å². The largest absolute Gasteiger partial charge is 0.465 e. The zero-order valence-electron chi connectivity index (χ0n) is 18.7. The number of benzene rings is 2. The number of carbonyl (C=O) groups excluding carboxylic acids is 4. The van der Waals surface area contributed by atoms with Crippen LogP contribution in [-0.2, 0) is 20.9 Å². The Kier molecular flexibility index (Phi) is 6.74. The minimum atomic E-state index is -0.959. The summed E-state index contributed by atoms with van der Waals surface area (Å²) in [5.41, 5.74) is 2.15. The van der Waals surface area contributed by atoms with E-state index in [1.807, 2.05) is 36.6 Å². The second kappa shape index (κ2) is 9.88. The number of methoxy groups -OCH3 is 1. The molecule has 1 aliphatic heterocycles. The van der Waals surface area contributed by atoms with E-state index in [0.29, 0.717) is 11.4 Å². The maximum Gasteiger partial charge on any atom is 0.337 e. The van der Waals surface area contributed by atoms with E-state index in [0.717, 1.165) is 15.3 Å². The van der Waals surface area contributed by atoms with Crippen LogP contribution in [0.25, 0.3) is 0 Å². The standard InChI is InChI=1S/C25H23N3O5S/c1-16-8-10-19(11-9-16)28-23(30)21(27(25(28)32)15-20-7-4-12-34-20)14-22(29)26-18-6-3-5-17(13-18)24(31)33-2/h3-13,21H,14-15H2,1-2H3,(H,26,29)/t21-/m0/s1. The van der Waals surface area contributed by atoms with Crippen molar-refractivity contribution >= 4 is 46.5 Å². The molecule has 34 heavy (non-hydrogen) atoms. The molecule has 0 radical (unpaired) electrons. The Morgan fingerprint density at radius 3 is 2.50 bits per heavy atom. The maximum absolute atomic E-state index is 13.3. The lowest BCUT2D eigenvalue weighted by Gasteiger charge is -2.21. The van der Waals surface area contributed by atoms with Gasteiger partial charge >= 0.3 is 12.0 Å². The van der Waals surface area contributed by atoms with Crippen molar-refractivity contribution in [1.29, 1.82) is 0 Å². The van der Waals surface area contributed by atoms with Crippen LogP contribution in [0.2, 0.25) is 0 Å². The summed E-state index contributed by atoms with van der Waals surface area (Å²) < 4.78 is 4.71. The highest BCUT2D eigenvalue weighted by Crippen LogP contribution is 2.29. The van der Waals surface area contributed by atoms with Gasteiger partial charge in [0.1, 0.15) is 6.04 Å². The van der Waals surface area contributed by atoms with Gasteiger partial charge in [-0.1, -0.05) is 29.8 Å². The van der Waals surface area contributed by atoms with Crippen molar-refractivity contribution in [1.82, 2.24) is 4.90 Å². The second-order valence-electron chi connectivity index (χ2n) is 7.84. The lowest BCUT2D eigenvalue weighted by atomic mass is 10.1. The fourth-order valence-corrected chi connectivity index (χ4v) is 4.45. The molecule has 1 N–H and O–H groups in total. The summed E-state index contributed by atoms with van der Waals surface area (Å²) in [6.45, 7) is 2.14. The summed E-state index contributed by atoms with van der Waals surface area (Å²) in [4.78, 5) is 54.7. The van der Waals surface area contributed by atoms with E-state index in [2.05, 4.69) is 5.32 Å². The third-order valence-electron chi connectivity index (χ3n) is 5.46. The Balaban J connectivity index is 1.56. The fourth-order valence-electron chi connectivity index (χ4n) is 3.75. The molecule has 1 aromatic heterocycles. The number of nitrogens with one attached hydrogen (secondary N) is 1. The van der Waals surface area contributed by atoms with Gasteiger partial charge in [-0.15, -0.1) is 11.3 Å². The van der Waals surface area contributed by atoms with Gasteiger partial charge in [0.05, 0.1) is 31.3 Å². The molecule has 4 rings (SSSR count). The molecular formula is C25H23N3O5S. The number of thiophene rings is 1. The van der Waals surface area contributed by atoms with E-state index in [1.54, 1.807) is 30.3 Å². The van der Waals surface area contributed by atoms with Crippen molar-refractivity contribution < 1.29 is 23.9 Å². The van der Waals surface area contributed by atoms with E-state index in [4.69, 9.17) is 4.74 Å². The Morgan fingerprint density at radius 1 is 1.06 bits per heavy atom. The molecule has 1 saturated heterocycles. The first-order valence-corrected chi connectivity index (χ1v) is 11.5. The molecule has 0 bridgehead atoms. The summed E-state index contributed by atoms with van der Waals surface area (Å²) in [6, 6.07) is 15.7. The number of urea groups is 1. The van der Waals surface area contributed by atoms with Gasteiger partial charge < -0.3 is 15.0 Å². The lowest BCUT2D eigenvalue weighted by Crippen LogP contribution is -2.37. The lowest BCUT2D eigenvalue weighted by molar-refractivity contribution is -0.124. The van der Waals surface area contributed by atoms with Crippen molar-refractivity contribution in [2.45, 2.75) is 25.9 Å². The molecule has 9 heteroatoms. The first-order chi connectivity index (χ1) is 16.4. The minimum Gasteiger partial charge on any atom is -0.465 e. The van der Waals surface area contributed by atoms with E-state index in [-0.39, 0.29) is 18.5 Å². The number of imide groups is 1. The number of anilines is 2. The third kappa shape index (κ3) is 4.84. The second-order valence-corrected chi connectivity index (χ2v) is 8.87. The number of nitrogens with zero attached hydrogens (tertiary/aromatic N) is 2. The highest BCUT2D eigenvalue weighted by Gasteiger charge is 2.46. The number of rotatable bonds is 7. The van der Waals surface area contributed by atoms with Crippen molar-refractivity contribution in [3.05, 3.63) is 82.0 Å². The predicted octanol–water partition coefficient (Wildman–Crippen LogP) is 4.21. The van der Waals surface area contributed by atoms with Gasteiger partial charge in [0.15, 0.2) is 0 Å². The topological polar surface area (TPSA) is 96.0 Å². The highest BCUT2D eigenvalue weighted by atomic mass is 32.1. The van der Waals surface area contributed by atoms with Gasteiger partial charge in [0.2, 0.25) is 5.91 Å². The smallest absolute Gasteiger partial charge is 0.337 e. The van der Waals surface area contributed by atoms with Gasteiger partial charge in [-0.3, -0.25) is 9.59 Å². The summed E-state index contributed by atoms with van der Waals surface area (Å²) in [7, 11) is 1.28. The van der Waals surface area contributed by atoms with Crippen LogP contribution in [-0.4, -0.2) is 41.9 Å². The Hall–Kier alpha value is -3.98.